The predicted molar refractivity (Wildman–Crippen MR) is 179 cm³/mol. The summed E-state index contributed by atoms with van der Waals surface area (Å²) >= 11 is 3.57. The standard InChI is InChI=1S/C30H26N6O11S3/c1-12-20(50-11-32-12)7-5-16-9-48-27-22(26(40)36(27)23(16)28(41)42)34-25(39)21(17-10-49-30(31)33-17)35-47-24(29(43)44)15-4-6-18(45-13(2)37)19(8-15)46-14(3)38/h4-8,10-11,22,24,27H,9H2,1-3H3,(H2,31,33)(H,34,39)(H,41,42)(H,43,44)/b7-5-,35-21?/t22-,24-,27+/m1/s1. The maximum absolute atomic E-state index is 13.6. The molecule has 3 aromatic rings. The van der Waals surface area contributed by atoms with Gasteiger partial charge in [0.1, 0.15) is 22.8 Å². The lowest BCUT2D eigenvalue weighted by atomic mass is 10.0. The third kappa shape index (κ3) is 7.66. The lowest BCUT2D eigenvalue weighted by Gasteiger charge is -2.49. The van der Waals surface area contributed by atoms with E-state index in [1.165, 1.54) is 40.6 Å². The van der Waals surface area contributed by atoms with E-state index < -0.39 is 58.9 Å². The first-order valence-corrected chi connectivity index (χ1v) is 17.0. The summed E-state index contributed by atoms with van der Waals surface area (Å²) in [7, 11) is 0. The van der Waals surface area contributed by atoms with E-state index in [2.05, 4.69) is 20.4 Å². The highest BCUT2D eigenvalue weighted by Crippen LogP contribution is 2.41. The molecule has 17 nitrogen and oxygen atoms in total. The maximum Gasteiger partial charge on any atom is 0.352 e. The second kappa shape index (κ2) is 14.9. The van der Waals surface area contributed by atoms with Gasteiger partial charge >= 0.3 is 23.9 Å². The molecule has 50 heavy (non-hydrogen) atoms. The molecule has 4 heterocycles. The lowest BCUT2D eigenvalue weighted by molar-refractivity contribution is -0.151. The highest BCUT2D eigenvalue weighted by Gasteiger charge is 2.54. The van der Waals surface area contributed by atoms with Crippen molar-refractivity contribution in [1.82, 2.24) is 20.2 Å². The van der Waals surface area contributed by atoms with Crippen LogP contribution in [0.1, 0.15) is 41.8 Å². The summed E-state index contributed by atoms with van der Waals surface area (Å²) < 4.78 is 10.1. The van der Waals surface area contributed by atoms with Gasteiger partial charge < -0.3 is 35.6 Å². The van der Waals surface area contributed by atoms with E-state index in [1.807, 2.05) is 6.92 Å². The Morgan fingerprint density at radius 1 is 1.10 bits per heavy atom. The fourth-order valence-corrected chi connectivity index (χ4v) is 7.30. The first-order valence-electron chi connectivity index (χ1n) is 14.2. The summed E-state index contributed by atoms with van der Waals surface area (Å²) in [5, 5.41) is 26.9. The van der Waals surface area contributed by atoms with Crippen LogP contribution < -0.4 is 20.5 Å². The Balaban J connectivity index is 1.39. The van der Waals surface area contributed by atoms with Gasteiger partial charge in [0.05, 0.1) is 11.2 Å². The largest absolute Gasteiger partial charge is 0.478 e. The first kappa shape index (κ1) is 35.7. The molecule has 0 unspecified atom stereocenters. The summed E-state index contributed by atoms with van der Waals surface area (Å²) in [6.07, 6.45) is 1.47. The van der Waals surface area contributed by atoms with Crippen LogP contribution in [0.15, 0.2) is 51.6 Å². The molecule has 2 amide bonds. The molecule has 1 saturated heterocycles. The second-order valence-corrected chi connectivity index (χ2v) is 13.3. The number of thiazole rings is 2. The SMILES string of the molecule is CC(=O)Oc1ccc([C@@H](ON=C(C(=O)N[C@@H]2C(=O)N3C(C(=O)O)=C(/C=C\c4scnc4C)CS[C@@H]23)c2csc(N)n2)C(=O)O)cc1OC(C)=O. The van der Waals surface area contributed by atoms with Gasteiger partial charge in [0.2, 0.25) is 6.10 Å². The number of aryl methyl sites for hydroxylation is 1. The molecule has 0 spiro atoms. The van der Waals surface area contributed by atoms with Crippen molar-refractivity contribution in [2.45, 2.75) is 38.3 Å². The number of benzene rings is 1. The van der Waals surface area contributed by atoms with E-state index in [0.29, 0.717) is 5.57 Å². The summed E-state index contributed by atoms with van der Waals surface area (Å²) in [5.41, 5.74) is 7.63. The highest BCUT2D eigenvalue weighted by atomic mass is 32.2. The van der Waals surface area contributed by atoms with Crippen LogP contribution in [-0.2, 0) is 33.6 Å². The number of aliphatic carboxylic acids is 2. The number of nitrogen functional groups attached to an aromatic ring is 1. The molecule has 0 radical (unpaired) electrons. The number of ether oxygens (including phenoxy) is 2. The van der Waals surface area contributed by atoms with Gasteiger partial charge in [0.15, 0.2) is 22.3 Å². The van der Waals surface area contributed by atoms with Gasteiger partial charge in [-0.2, -0.15) is 0 Å². The van der Waals surface area contributed by atoms with Gasteiger partial charge in [-0.1, -0.05) is 17.3 Å². The summed E-state index contributed by atoms with van der Waals surface area (Å²) in [4.78, 5) is 90.0. The number of amides is 2. The van der Waals surface area contributed by atoms with Crippen LogP contribution in [-0.4, -0.2) is 83.7 Å². The maximum atomic E-state index is 13.6. The number of allylic oxidation sites excluding steroid dienone is 1. The monoisotopic (exact) mass is 742 g/mol. The van der Waals surface area contributed by atoms with Gasteiger partial charge in [0, 0.05) is 35.4 Å². The van der Waals surface area contributed by atoms with Gasteiger partial charge in [-0.05, 0) is 30.7 Å². The minimum absolute atomic E-state index is 0.0430. The van der Waals surface area contributed by atoms with Crippen LogP contribution in [0.2, 0.25) is 0 Å². The molecule has 0 aliphatic carbocycles. The molecular weight excluding hydrogens is 717 g/mol. The Labute approximate surface area is 294 Å². The van der Waals surface area contributed by atoms with E-state index in [1.54, 1.807) is 17.7 Å². The molecule has 2 aliphatic rings. The Bertz CT molecular complexity index is 2000. The molecule has 20 heteroatoms. The summed E-state index contributed by atoms with van der Waals surface area (Å²) in [6, 6.07) is 2.32. The molecular formula is C30H26N6O11S3. The molecule has 2 aliphatic heterocycles. The number of hydrogen-bond donors (Lipinski definition) is 4. The number of nitrogens with one attached hydrogen (secondary N) is 1. The van der Waals surface area contributed by atoms with Crippen LogP contribution in [0.4, 0.5) is 5.13 Å². The van der Waals surface area contributed by atoms with Gasteiger partial charge in [-0.15, -0.1) is 34.4 Å². The Morgan fingerprint density at radius 2 is 1.82 bits per heavy atom. The Kier molecular flexibility index (Phi) is 10.6. The van der Waals surface area contributed by atoms with Crippen molar-refractivity contribution in [2.24, 2.45) is 5.16 Å². The number of carboxylic acid groups (broad SMARTS) is 2. The van der Waals surface area contributed by atoms with Gasteiger partial charge in [-0.25, -0.2) is 19.6 Å². The highest BCUT2D eigenvalue weighted by molar-refractivity contribution is 8.00. The van der Waals surface area contributed by atoms with Crippen molar-refractivity contribution in [1.29, 1.82) is 0 Å². The first-order chi connectivity index (χ1) is 23.7. The fourth-order valence-electron chi connectivity index (χ4n) is 4.74. The topological polar surface area (TPSA) is 250 Å². The summed E-state index contributed by atoms with van der Waals surface area (Å²) in [5.74, 6) is -6.31. The van der Waals surface area contributed by atoms with E-state index in [9.17, 15) is 39.0 Å². The predicted octanol–water partition coefficient (Wildman–Crippen LogP) is 2.34. The number of carboxylic acids is 2. The van der Waals surface area contributed by atoms with E-state index in [-0.39, 0.29) is 39.3 Å². The van der Waals surface area contributed by atoms with Crippen LogP contribution in [0.25, 0.3) is 6.08 Å². The fraction of sp³-hybridized carbons (Fsp3) is 0.233. The van der Waals surface area contributed by atoms with Crippen LogP contribution in [0, 0.1) is 6.92 Å². The molecule has 5 rings (SSSR count). The minimum atomic E-state index is -1.88. The number of thioether (sulfide) groups is 1. The van der Waals surface area contributed by atoms with Crippen molar-refractivity contribution in [2.75, 3.05) is 11.5 Å². The van der Waals surface area contributed by atoms with Gasteiger partial charge in [-0.3, -0.25) is 24.1 Å². The zero-order chi connectivity index (χ0) is 36.3. The minimum Gasteiger partial charge on any atom is -0.478 e. The number of carbonyl (C=O) groups excluding carboxylic acids is 4. The van der Waals surface area contributed by atoms with E-state index >= 15 is 0 Å². The zero-order valence-corrected chi connectivity index (χ0v) is 28.6. The van der Waals surface area contributed by atoms with E-state index in [4.69, 9.17) is 20.0 Å². The van der Waals surface area contributed by atoms with Crippen molar-refractivity contribution in [3.05, 3.63) is 68.3 Å². The van der Waals surface area contributed by atoms with Crippen LogP contribution >= 0.6 is 34.4 Å². The number of nitrogens with zero attached hydrogens (tertiary/aromatic N) is 4. The van der Waals surface area contributed by atoms with Crippen molar-refractivity contribution >= 4 is 87.0 Å². The zero-order valence-electron chi connectivity index (χ0n) is 26.1. The molecule has 260 valence electrons. The number of aromatic nitrogens is 2. The molecule has 0 saturated carbocycles. The second-order valence-electron chi connectivity index (χ2n) is 10.4. The number of rotatable bonds is 12. The van der Waals surface area contributed by atoms with Gasteiger partial charge in [0.25, 0.3) is 11.8 Å². The molecule has 2 aromatic heterocycles. The molecule has 3 atom stereocenters. The number of nitrogens with two attached hydrogens (primary N) is 1. The van der Waals surface area contributed by atoms with Crippen molar-refractivity contribution in [3.8, 4) is 11.5 Å². The Morgan fingerprint density at radius 3 is 2.42 bits per heavy atom. The molecule has 1 aromatic carbocycles. The normalized spacial score (nSPS) is 17.9. The molecule has 5 N–H and O–H groups in total. The number of anilines is 1. The molecule has 1 fully saturated rings. The Hall–Kier alpha value is -5.60. The third-order valence-electron chi connectivity index (χ3n) is 6.94. The number of β-lactam (4-membered cyclic amide) rings is 1. The number of hydrogen-bond acceptors (Lipinski definition) is 16. The summed E-state index contributed by atoms with van der Waals surface area (Å²) in [6.45, 7) is 4.02. The average Bonchev–Trinajstić information content (AvgIpc) is 3.67. The average molecular weight is 743 g/mol. The number of fused-ring (bicyclic) bond motifs is 1. The number of carbonyl (C=O) groups is 6. The van der Waals surface area contributed by atoms with E-state index in [0.717, 1.165) is 46.7 Å². The van der Waals surface area contributed by atoms with Crippen molar-refractivity contribution in [3.63, 3.8) is 0 Å². The smallest absolute Gasteiger partial charge is 0.352 e. The third-order valence-corrected chi connectivity index (χ3v) is 9.81. The number of esters is 2. The lowest BCUT2D eigenvalue weighted by Crippen LogP contribution is -2.71. The molecule has 0 bridgehead atoms. The quantitative estimate of drug-likeness (QED) is 0.0683. The van der Waals surface area contributed by atoms with Crippen LogP contribution in [0.5, 0.6) is 11.5 Å². The number of oxime groups is 1. The van der Waals surface area contributed by atoms with Crippen LogP contribution in [0.3, 0.4) is 0 Å². The van der Waals surface area contributed by atoms with Crippen molar-refractivity contribution < 1.29 is 53.3 Å².